The molecule has 4 nitrogen and oxygen atoms in total. The summed E-state index contributed by atoms with van der Waals surface area (Å²) >= 11 is 2.05. The van der Waals surface area contributed by atoms with Gasteiger partial charge < -0.3 is 10.2 Å². The Balaban J connectivity index is 1.63. The van der Waals surface area contributed by atoms with Crippen LogP contribution in [0.1, 0.15) is 32.4 Å². The molecule has 0 radical (unpaired) electrons. The van der Waals surface area contributed by atoms with Crippen LogP contribution < -0.4 is 10.2 Å². The lowest BCUT2D eigenvalue weighted by Crippen LogP contribution is -2.45. The van der Waals surface area contributed by atoms with E-state index in [2.05, 4.69) is 46.4 Å². The minimum absolute atomic E-state index is 0.531. The lowest BCUT2D eigenvalue weighted by Gasteiger charge is -2.38. The lowest BCUT2D eigenvalue weighted by atomic mass is 10.2. The van der Waals surface area contributed by atoms with Crippen molar-refractivity contribution in [3.8, 4) is 0 Å². The molecular formula is C14H22N4S. The number of hydrogen-bond donors (Lipinski definition) is 1. The predicted octanol–water partition coefficient (Wildman–Crippen LogP) is 2.06. The summed E-state index contributed by atoms with van der Waals surface area (Å²) in [5.74, 6) is 2.20. The molecule has 104 valence electrons. The van der Waals surface area contributed by atoms with E-state index in [1.165, 1.54) is 18.6 Å². The maximum Gasteiger partial charge on any atom is 0.151 e. The molecule has 0 spiro atoms. The van der Waals surface area contributed by atoms with Crippen molar-refractivity contribution in [3.63, 3.8) is 0 Å². The molecule has 0 bridgehead atoms. The van der Waals surface area contributed by atoms with E-state index in [1.54, 1.807) is 0 Å². The zero-order valence-corrected chi connectivity index (χ0v) is 12.5. The average molecular weight is 278 g/mol. The third kappa shape index (κ3) is 3.20. The van der Waals surface area contributed by atoms with Crippen molar-refractivity contribution >= 4 is 17.6 Å². The SMILES string of the molecule is CC1SCCN(c2ccc(CNC3CC3)nn2)C1C. The molecule has 5 heteroatoms. The molecule has 0 amide bonds. The van der Waals surface area contributed by atoms with Crippen molar-refractivity contribution in [1.29, 1.82) is 0 Å². The largest absolute Gasteiger partial charge is 0.350 e. The Morgan fingerprint density at radius 2 is 2.16 bits per heavy atom. The summed E-state index contributed by atoms with van der Waals surface area (Å²) in [6, 6.07) is 5.48. The molecule has 2 aliphatic rings. The number of anilines is 1. The van der Waals surface area contributed by atoms with E-state index < -0.39 is 0 Å². The van der Waals surface area contributed by atoms with Gasteiger partial charge in [-0.25, -0.2) is 0 Å². The van der Waals surface area contributed by atoms with Gasteiger partial charge in [-0.1, -0.05) is 6.92 Å². The van der Waals surface area contributed by atoms with Crippen LogP contribution in [0.5, 0.6) is 0 Å². The summed E-state index contributed by atoms with van der Waals surface area (Å²) in [4.78, 5) is 2.38. The van der Waals surface area contributed by atoms with E-state index >= 15 is 0 Å². The first-order valence-corrected chi connectivity index (χ1v) is 8.23. The monoisotopic (exact) mass is 278 g/mol. The van der Waals surface area contributed by atoms with Crippen molar-refractivity contribution in [2.24, 2.45) is 0 Å². The van der Waals surface area contributed by atoms with Gasteiger partial charge in [0.1, 0.15) is 0 Å². The van der Waals surface area contributed by atoms with E-state index in [0.717, 1.165) is 30.6 Å². The summed E-state index contributed by atoms with van der Waals surface area (Å²) < 4.78 is 0. The zero-order valence-electron chi connectivity index (χ0n) is 11.7. The van der Waals surface area contributed by atoms with Gasteiger partial charge in [-0.3, -0.25) is 0 Å². The lowest BCUT2D eigenvalue weighted by molar-refractivity contribution is 0.611. The van der Waals surface area contributed by atoms with Crippen LogP contribution in [0.25, 0.3) is 0 Å². The molecular weight excluding hydrogens is 256 g/mol. The van der Waals surface area contributed by atoms with Crippen molar-refractivity contribution in [2.75, 3.05) is 17.2 Å². The molecule has 1 aromatic heterocycles. The summed E-state index contributed by atoms with van der Waals surface area (Å²) in [7, 11) is 0. The van der Waals surface area contributed by atoms with Gasteiger partial charge in [0, 0.05) is 36.2 Å². The first kappa shape index (κ1) is 13.2. The molecule has 1 aromatic rings. The van der Waals surface area contributed by atoms with Crippen molar-refractivity contribution in [1.82, 2.24) is 15.5 Å². The first-order valence-electron chi connectivity index (χ1n) is 7.18. The van der Waals surface area contributed by atoms with E-state index in [9.17, 15) is 0 Å². The molecule has 3 rings (SSSR count). The summed E-state index contributed by atoms with van der Waals surface area (Å²) in [5, 5.41) is 12.9. The molecule has 1 saturated heterocycles. The van der Waals surface area contributed by atoms with E-state index in [1.807, 2.05) is 11.8 Å². The van der Waals surface area contributed by atoms with Crippen LogP contribution in [-0.4, -0.2) is 39.8 Å². The molecule has 1 saturated carbocycles. The fourth-order valence-electron chi connectivity index (χ4n) is 2.39. The summed E-state index contributed by atoms with van der Waals surface area (Å²) in [6.45, 7) is 6.49. The van der Waals surface area contributed by atoms with Gasteiger partial charge in [0.05, 0.1) is 5.69 Å². The Morgan fingerprint density at radius 1 is 1.32 bits per heavy atom. The van der Waals surface area contributed by atoms with Crippen LogP contribution in [0.15, 0.2) is 12.1 Å². The van der Waals surface area contributed by atoms with Crippen LogP contribution in [-0.2, 0) is 6.54 Å². The van der Waals surface area contributed by atoms with E-state index in [4.69, 9.17) is 0 Å². The predicted molar refractivity (Wildman–Crippen MR) is 80.6 cm³/mol. The molecule has 2 unspecified atom stereocenters. The molecule has 2 atom stereocenters. The molecule has 2 fully saturated rings. The van der Waals surface area contributed by atoms with Gasteiger partial charge >= 0.3 is 0 Å². The highest BCUT2D eigenvalue weighted by atomic mass is 32.2. The Hall–Kier alpha value is -0.810. The molecule has 1 aliphatic heterocycles. The topological polar surface area (TPSA) is 41.0 Å². The van der Waals surface area contributed by atoms with Gasteiger partial charge in [0.25, 0.3) is 0 Å². The molecule has 19 heavy (non-hydrogen) atoms. The van der Waals surface area contributed by atoms with Gasteiger partial charge in [0.2, 0.25) is 0 Å². The third-order valence-corrected chi connectivity index (χ3v) is 5.37. The second kappa shape index (κ2) is 5.67. The highest BCUT2D eigenvalue weighted by Gasteiger charge is 2.26. The number of nitrogens with one attached hydrogen (secondary N) is 1. The van der Waals surface area contributed by atoms with Gasteiger partial charge in [-0.05, 0) is 31.9 Å². The minimum atomic E-state index is 0.531. The highest BCUT2D eigenvalue weighted by molar-refractivity contribution is 8.00. The van der Waals surface area contributed by atoms with Crippen molar-refractivity contribution < 1.29 is 0 Å². The number of thioether (sulfide) groups is 1. The molecule has 0 aromatic carbocycles. The quantitative estimate of drug-likeness (QED) is 0.913. The maximum atomic E-state index is 4.41. The van der Waals surface area contributed by atoms with Gasteiger partial charge in [-0.2, -0.15) is 16.9 Å². The Kier molecular flexibility index (Phi) is 3.93. The standard InChI is InChI=1S/C14H22N4S/c1-10-11(2)19-8-7-18(10)14-6-5-13(16-17-14)9-15-12-3-4-12/h5-6,10-12,15H,3-4,7-9H2,1-2H3. The average Bonchev–Trinajstić information content (AvgIpc) is 3.25. The van der Waals surface area contributed by atoms with E-state index in [-0.39, 0.29) is 0 Å². The normalized spacial score (nSPS) is 27.6. The Labute approximate surface area is 119 Å². The zero-order chi connectivity index (χ0) is 13.2. The summed E-state index contributed by atoms with van der Waals surface area (Å²) in [5.41, 5.74) is 1.04. The highest BCUT2D eigenvalue weighted by Crippen LogP contribution is 2.27. The smallest absolute Gasteiger partial charge is 0.151 e. The second-order valence-electron chi connectivity index (χ2n) is 5.55. The van der Waals surface area contributed by atoms with Gasteiger partial charge in [0.15, 0.2) is 5.82 Å². The van der Waals surface area contributed by atoms with Crippen LogP contribution in [0, 0.1) is 0 Å². The number of rotatable bonds is 4. The summed E-state index contributed by atoms with van der Waals surface area (Å²) in [6.07, 6.45) is 2.62. The van der Waals surface area contributed by atoms with Crippen molar-refractivity contribution in [3.05, 3.63) is 17.8 Å². The number of hydrogen-bond acceptors (Lipinski definition) is 5. The minimum Gasteiger partial charge on any atom is -0.350 e. The van der Waals surface area contributed by atoms with Crippen LogP contribution in [0.3, 0.4) is 0 Å². The fourth-order valence-corrected chi connectivity index (χ4v) is 3.49. The number of aromatic nitrogens is 2. The van der Waals surface area contributed by atoms with Crippen LogP contribution >= 0.6 is 11.8 Å². The maximum absolute atomic E-state index is 4.41. The molecule has 2 heterocycles. The first-order chi connectivity index (χ1) is 9.24. The van der Waals surface area contributed by atoms with Crippen LogP contribution in [0.2, 0.25) is 0 Å². The van der Waals surface area contributed by atoms with E-state index in [0.29, 0.717) is 11.3 Å². The van der Waals surface area contributed by atoms with Crippen LogP contribution in [0.4, 0.5) is 5.82 Å². The van der Waals surface area contributed by atoms with Gasteiger partial charge in [-0.15, -0.1) is 5.10 Å². The third-order valence-electron chi connectivity index (χ3n) is 4.03. The fraction of sp³-hybridized carbons (Fsp3) is 0.714. The second-order valence-corrected chi connectivity index (χ2v) is 7.03. The molecule has 1 aliphatic carbocycles. The van der Waals surface area contributed by atoms with Crippen molar-refractivity contribution in [2.45, 2.75) is 50.6 Å². The number of nitrogens with zero attached hydrogens (tertiary/aromatic N) is 3. The molecule has 1 N–H and O–H groups in total. The Morgan fingerprint density at radius 3 is 2.84 bits per heavy atom. The Bertz CT molecular complexity index is 418.